The van der Waals surface area contributed by atoms with Crippen LogP contribution in [0.1, 0.15) is 36.0 Å². The van der Waals surface area contributed by atoms with Gasteiger partial charge in [-0.3, -0.25) is 0 Å². The van der Waals surface area contributed by atoms with Crippen LogP contribution >= 0.6 is 0 Å². The molecule has 0 unspecified atom stereocenters. The SMILES string of the molecule is CC(C)S(=O)(=O)c1ccc(-c2cnc3[nH]cc(-c4cc5ccccc5n4C(=O)OC(C)(C)C)c3n2)cc1.[HH]. The summed E-state index contributed by atoms with van der Waals surface area (Å²) in [6, 6.07) is 16.2. The van der Waals surface area contributed by atoms with Crippen molar-refractivity contribution in [3.05, 3.63) is 67.0 Å². The van der Waals surface area contributed by atoms with Crippen molar-refractivity contribution in [2.75, 3.05) is 0 Å². The molecule has 0 fully saturated rings. The number of rotatable bonds is 4. The highest BCUT2D eigenvalue weighted by atomic mass is 32.2. The van der Waals surface area contributed by atoms with Crippen molar-refractivity contribution >= 4 is 38.0 Å². The number of sulfone groups is 1. The van der Waals surface area contributed by atoms with Gasteiger partial charge in [-0.05, 0) is 58.9 Å². The summed E-state index contributed by atoms with van der Waals surface area (Å²) in [6.07, 6.45) is 2.93. The second kappa shape index (κ2) is 8.85. The van der Waals surface area contributed by atoms with Gasteiger partial charge in [0, 0.05) is 24.1 Å². The van der Waals surface area contributed by atoms with Crippen LogP contribution in [0.2, 0.25) is 0 Å². The van der Waals surface area contributed by atoms with Crippen LogP contribution in [0.5, 0.6) is 0 Å². The van der Waals surface area contributed by atoms with Gasteiger partial charge in [0.05, 0.1) is 33.2 Å². The van der Waals surface area contributed by atoms with Gasteiger partial charge < -0.3 is 9.72 Å². The third-order valence-corrected chi connectivity index (χ3v) is 8.21. The topological polar surface area (TPSA) is 107 Å². The quantitative estimate of drug-likeness (QED) is 0.293. The van der Waals surface area contributed by atoms with E-state index in [0.29, 0.717) is 28.1 Å². The van der Waals surface area contributed by atoms with Crippen LogP contribution in [0.15, 0.2) is 71.9 Å². The van der Waals surface area contributed by atoms with Crippen molar-refractivity contribution in [2.45, 2.75) is 50.4 Å². The molecule has 0 spiro atoms. The maximum absolute atomic E-state index is 13.3. The lowest BCUT2D eigenvalue weighted by atomic mass is 10.1. The van der Waals surface area contributed by atoms with Crippen molar-refractivity contribution in [3.63, 3.8) is 0 Å². The van der Waals surface area contributed by atoms with Crippen molar-refractivity contribution in [1.82, 2.24) is 19.5 Å². The summed E-state index contributed by atoms with van der Waals surface area (Å²) in [4.78, 5) is 26.1. The van der Waals surface area contributed by atoms with Crippen LogP contribution in [-0.4, -0.2) is 44.9 Å². The lowest BCUT2D eigenvalue weighted by molar-refractivity contribution is 0.0547. The molecule has 0 radical (unpaired) electrons. The van der Waals surface area contributed by atoms with Gasteiger partial charge in [0.2, 0.25) is 0 Å². The lowest BCUT2D eigenvalue weighted by Gasteiger charge is -2.21. The molecule has 0 bridgehead atoms. The number of aromatic nitrogens is 4. The van der Waals surface area contributed by atoms with Gasteiger partial charge in [0.1, 0.15) is 11.1 Å². The van der Waals surface area contributed by atoms with Crippen molar-refractivity contribution in [1.29, 1.82) is 0 Å². The second-order valence-corrected chi connectivity index (χ2v) is 12.7. The Balaban J connectivity index is 0.00000336. The third-order valence-electron chi connectivity index (χ3n) is 6.04. The Hall–Kier alpha value is -3.98. The molecule has 5 rings (SSSR count). The Kier molecular flexibility index (Phi) is 5.91. The molecule has 0 saturated heterocycles. The van der Waals surface area contributed by atoms with Gasteiger partial charge in [-0.25, -0.2) is 27.7 Å². The minimum atomic E-state index is -3.37. The summed E-state index contributed by atoms with van der Waals surface area (Å²) in [7, 11) is -3.37. The molecule has 0 aliphatic rings. The van der Waals surface area contributed by atoms with E-state index < -0.39 is 26.8 Å². The summed E-state index contributed by atoms with van der Waals surface area (Å²) in [6.45, 7) is 8.81. The van der Waals surface area contributed by atoms with E-state index in [-0.39, 0.29) is 6.32 Å². The Morgan fingerprint density at radius 3 is 2.46 bits per heavy atom. The molecule has 0 saturated carbocycles. The molecule has 3 heterocycles. The predicted molar refractivity (Wildman–Crippen MR) is 146 cm³/mol. The Labute approximate surface area is 216 Å². The summed E-state index contributed by atoms with van der Waals surface area (Å²) < 4.78 is 32.3. The molecule has 9 heteroatoms. The van der Waals surface area contributed by atoms with Crippen molar-refractivity contribution in [3.8, 4) is 22.5 Å². The van der Waals surface area contributed by atoms with E-state index in [2.05, 4.69) is 9.97 Å². The number of carbonyl (C=O) groups is 1. The van der Waals surface area contributed by atoms with Gasteiger partial charge >= 0.3 is 6.09 Å². The second-order valence-electron chi connectivity index (χ2n) is 10.2. The Bertz CT molecular complexity index is 1750. The fourth-order valence-corrected chi connectivity index (χ4v) is 5.23. The molecule has 5 aromatic rings. The largest absolute Gasteiger partial charge is 0.443 e. The molecule has 0 amide bonds. The zero-order valence-corrected chi connectivity index (χ0v) is 22.1. The number of nitrogens with zero attached hydrogens (tertiary/aromatic N) is 3. The first-order valence-corrected chi connectivity index (χ1v) is 13.5. The number of fused-ring (bicyclic) bond motifs is 2. The van der Waals surface area contributed by atoms with Crippen LogP contribution < -0.4 is 0 Å². The molecule has 0 aliphatic heterocycles. The van der Waals surface area contributed by atoms with Gasteiger partial charge in [-0.2, -0.15) is 0 Å². The molecule has 8 nitrogen and oxygen atoms in total. The smallest absolute Gasteiger partial charge is 0.419 e. The molecule has 1 N–H and O–H groups in total. The number of hydrogen-bond donors (Lipinski definition) is 1. The highest BCUT2D eigenvalue weighted by molar-refractivity contribution is 7.92. The van der Waals surface area contributed by atoms with Gasteiger partial charge in [-0.1, -0.05) is 30.3 Å². The molecule has 3 aromatic heterocycles. The Morgan fingerprint density at radius 2 is 1.78 bits per heavy atom. The number of benzene rings is 2. The van der Waals surface area contributed by atoms with E-state index >= 15 is 0 Å². The molecular weight excluding hydrogens is 488 g/mol. The maximum Gasteiger partial charge on any atom is 0.419 e. The zero-order valence-electron chi connectivity index (χ0n) is 21.3. The molecular formula is C28H30N4O4S. The standard InChI is InChI=1S/C28H28N4O4S.H2/c1-17(2)37(34,35)20-12-10-18(11-13-20)22-16-30-26-25(31-22)21(15-29-26)24-14-19-8-6-7-9-23(19)32(24)27(33)36-28(3,4)5;/h6-17H,1-5H3,(H,29,30);1H. The molecule has 192 valence electrons. The average Bonchev–Trinajstić information content (AvgIpc) is 3.43. The first-order valence-electron chi connectivity index (χ1n) is 12.0. The number of carbonyl (C=O) groups excluding carboxylic acids is 1. The van der Waals surface area contributed by atoms with Crippen LogP contribution in [0.4, 0.5) is 4.79 Å². The highest BCUT2D eigenvalue weighted by Crippen LogP contribution is 2.34. The normalized spacial score (nSPS) is 12.5. The van der Waals surface area contributed by atoms with E-state index in [4.69, 9.17) is 9.72 Å². The minimum absolute atomic E-state index is 0. The number of ether oxygens (including phenoxy) is 1. The monoisotopic (exact) mass is 518 g/mol. The molecule has 2 aromatic carbocycles. The molecule has 0 atom stereocenters. The lowest BCUT2D eigenvalue weighted by Crippen LogP contribution is -2.27. The van der Waals surface area contributed by atoms with E-state index in [9.17, 15) is 13.2 Å². The van der Waals surface area contributed by atoms with Crippen molar-refractivity contribution in [2.24, 2.45) is 0 Å². The van der Waals surface area contributed by atoms with Gasteiger partial charge in [0.25, 0.3) is 0 Å². The Morgan fingerprint density at radius 1 is 1.08 bits per heavy atom. The fourth-order valence-electron chi connectivity index (χ4n) is 4.17. The van der Waals surface area contributed by atoms with Gasteiger partial charge in [0.15, 0.2) is 15.5 Å². The first kappa shape index (κ1) is 24.7. The minimum Gasteiger partial charge on any atom is -0.443 e. The summed E-state index contributed by atoms with van der Waals surface area (Å²) in [5, 5.41) is 0.386. The van der Waals surface area contributed by atoms with E-state index in [1.807, 2.05) is 51.1 Å². The van der Waals surface area contributed by atoms with Crippen LogP contribution in [0.25, 0.3) is 44.6 Å². The number of aromatic amines is 1. The zero-order chi connectivity index (χ0) is 26.5. The van der Waals surface area contributed by atoms with E-state index in [1.165, 1.54) is 0 Å². The summed E-state index contributed by atoms with van der Waals surface area (Å²) >= 11 is 0. The molecule has 37 heavy (non-hydrogen) atoms. The third kappa shape index (κ3) is 4.51. The maximum atomic E-state index is 13.3. The summed E-state index contributed by atoms with van der Waals surface area (Å²) in [5.74, 6) is 0. The first-order chi connectivity index (χ1) is 17.5. The fraction of sp³-hybridized carbons (Fsp3) is 0.250. The highest BCUT2D eigenvalue weighted by Gasteiger charge is 2.25. The average molecular weight is 519 g/mol. The predicted octanol–water partition coefficient (Wildman–Crippen LogP) is 6.46. The van der Waals surface area contributed by atoms with E-state index in [0.717, 1.165) is 16.5 Å². The summed E-state index contributed by atoms with van der Waals surface area (Å²) in [5.41, 5.74) is 3.87. The van der Waals surface area contributed by atoms with Gasteiger partial charge in [-0.15, -0.1) is 0 Å². The van der Waals surface area contributed by atoms with E-state index in [1.54, 1.807) is 55.1 Å². The number of hydrogen-bond acceptors (Lipinski definition) is 6. The van der Waals surface area contributed by atoms with Crippen molar-refractivity contribution < 1.29 is 19.4 Å². The number of para-hydroxylation sites is 1. The number of H-pyrrole nitrogens is 1. The van der Waals surface area contributed by atoms with Crippen LogP contribution in [-0.2, 0) is 14.6 Å². The molecule has 0 aliphatic carbocycles. The van der Waals surface area contributed by atoms with Crippen LogP contribution in [0.3, 0.4) is 0 Å². The van der Waals surface area contributed by atoms with Crippen LogP contribution in [0, 0.1) is 0 Å². The number of nitrogens with one attached hydrogen (secondary N) is 1.